The van der Waals surface area contributed by atoms with Crippen LogP contribution in [0.3, 0.4) is 0 Å². The average Bonchev–Trinajstić information content (AvgIpc) is 2.93. The molecule has 172 valence electrons. The van der Waals surface area contributed by atoms with E-state index in [9.17, 15) is 4.79 Å². The van der Waals surface area contributed by atoms with E-state index in [1.54, 1.807) is 0 Å². The van der Waals surface area contributed by atoms with Gasteiger partial charge in [0.05, 0.1) is 0 Å². The van der Waals surface area contributed by atoms with Crippen molar-refractivity contribution in [3.05, 3.63) is 132 Å². The molecule has 0 saturated carbocycles. The predicted molar refractivity (Wildman–Crippen MR) is 153 cm³/mol. The highest BCUT2D eigenvalue weighted by Crippen LogP contribution is 2.45. The quantitative estimate of drug-likeness (QED) is 0.188. The number of carbonyl (C=O) groups excluding carboxylic acids is 1. The number of rotatable bonds is 4. The summed E-state index contributed by atoms with van der Waals surface area (Å²) in [6, 6.07) is 40.6. The lowest BCUT2D eigenvalue weighted by molar-refractivity contribution is 0.112. The molecule has 0 aliphatic heterocycles. The molecule has 0 aliphatic rings. The van der Waals surface area contributed by atoms with E-state index in [0.29, 0.717) is 0 Å². The van der Waals surface area contributed by atoms with Crippen molar-refractivity contribution < 1.29 is 4.79 Å². The van der Waals surface area contributed by atoms with Gasteiger partial charge in [-0.05, 0) is 75.3 Å². The zero-order valence-electron chi connectivity index (χ0n) is 20.5. The van der Waals surface area contributed by atoms with Gasteiger partial charge in [-0.2, -0.15) is 0 Å². The van der Waals surface area contributed by atoms with Crippen LogP contribution in [0.2, 0.25) is 0 Å². The van der Waals surface area contributed by atoms with Crippen LogP contribution in [0.5, 0.6) is 0 Å². The third-order valence-electron chi connectivity index (χ3n) is 7.09. The highest BCUT2D eigenvalue weighted by atomic mass is 16.1. The van der Waals surface area contributed by atoms with Gasteiger partial charge in [0.25, 0.3) is 0 Å². The van der Waals surface area contributed by atoms with E-state index < -0.39 is 0 Å². The number of benzene rings is 6. The Kier molecular flexibility index (Phi) is 5.47. The minimum atomic E-state index is 0.738. The number of hydrogen-bond donors (Lipinski definition) is 0. The van der Waals surface area contributed by atoms with Crippen LogP contribution in [0.1, 0.15) is 21.5 Å². The van der Waals surface area contributed by atoms with Crippen LogP contribution in [-0.4, -0.2) is 6.29 Å². The SMILES string of the molecule is Cc1ccc(-c2cc(-c3ccccc3)c3c(-c4ccc(C)cc4)c(C=O)c4ccccc4c3c2)cc1. The summed E-state index contributed by atoms with van der Waals surface area (Å²) in [7, 11) is 0. The van der Waals surface area contributed by atoms with Gasteiger partial charge in [-0.25, -0.2) is 0 Å². The molecule has 0 radical (unpaired) electrons. The number of aldehydes is 1. The Morgan fingerprint density at radius 1 is 0.500 bits per heavy atom. The Hall–Kier alpha value is -4.49. The molecule has 6 rings (SSSR count). The van der Waals surface area contributed by atoms with Crippen LogP contribution in [0.4, 0.5) is 0 Å². The average molecular weight is 463 g/mol. The summed E-state index contributed by atoms with van der Waals surface area (Å²) in [5.74, 6) is 0. The summed E-state index contributed by atoms with van der Waals surface area (Å²) in [5, 5.41) is 4.35. The van der Waals surface area contributed by atoms with Crippen LogP contribution in [0.25, 0.3) is 54.9 Å². The number of fused-ring (bicyclic) bond motifs is 3. The van der Waals surface area contributed by atoms with E-state index in [2.05, 4.69) is 117 Å². The molecule has 6 aromatic rings. The summed E-state index contributed by atoms with van der Waals surface area (Å²) in [5.41, 5.74) is 9.84. The maximum Gasteiger partial charge on any atom is 0.151 e. The van der Waals surface area contributed by atoms with E-state index >= 15 is 0 Å². The highest BCUT2D eigenvalue weighted by molar-refractivity contribution is 6.25. The number of hydrogen-bond acceptors (Lipinski definition) is 1. The zero-order chi connectivity index (χ0) is 24.6. The summed E-state index contributed by atoms with van der Waals surface area (Å²) >= 11 is 0. The molecular weight excluding hydrogens is 436 g/mol. The first-order valence-electron chi connectivity index (χ1n) is 12.3. The van der Waals surface area contributed by atoms with E-state index in [1.807, 2.05) is 12.1 Å². The Bertz CT molecular complexity index is 1730. The molecule has 0 aliphatic carbocycles. The van der Waals surface area contributed by atoms with Gasteiger partial charge >= 0.3 is 0 Å². The molecule has 1 heteroatoms. The summed E-state index contributed by atoms with van der Waals surface area (Å²) in [6.07, 6.45) is 1.03. The predicted octanol–water partition coefficient (Wildman–Crippen LogP) is 9.42. The van der Waals surface area contributed by atoms with Crippen molar-refractivity contribution in [3.63, 3.8) is 0 Å². The van der Waals surface area contributed by atoms with Crippen molar-refractivity contribution in [1.82, 2.24) is 0 Å². The zero-order valence-corrected chi connectivity index (χ0v) is 20.5. The lowest BCUT2D eigenvalue weighted by Gasteiger charge is -2.20. The van der Waals surface area contributed by atoms with Gasteiger partial charge in [0.1, 0.15) is 0 Å². The first-order valence-corrected chi connectivity index (χ1v) is 12.3. The molecule has 0 heterocycles. The van der Waals surface area contributed by atoms with Gasteiger partial charge < -0.3 is 0 Å². The second kappa shape index (κ2) is 8.94. The second-order valence-corrected chi connectivity index (χ2v) is 9.50. The maximum absolute atomic E-state index is 12.7. The fraction of sp³-hybridized carbons (Fsp3) is 0.0571. The fourth-order valence-corrected chi connectivity index (χ4v) is 5.25. The van der Waals surface area contributed by atoms with Crippen molar-refractivity contribution in [2.75, 3.05) is 0 Å². The van der Waals surface area contributed by atoms with Gasteiger partial charge in [0.2, 0.25) is 0 Å². The molecule has 0 spiro atoms. The van der Waals surface area contributed by atoms with Crippen molar-refractivity contribution >= 4 is 27.8 Å². The fourth-order valence-electron chi connectivity index (χ4n) is 5.25. The molecule has 0 amide bonds. The Balaban J connectivity index is 1.84. The monoisotopic (exact) mass is 462 g/mol. The first kappa shape index (κ1) is 22.0. The first-order chi connectivity index (χ1) is 17.6. The molecule has 0 atom stereocenters. The molecule has 0 bridgehead atoms. The van der Waals surface area contributed by atoms with E-state index in [4.69, 9.17) is 0 Å². The third kappa shape index (κ3) is 3.70. The highest BCUT2D eigenvalue weighted by Gasteiger charge is 2.20. The summed E-state index contributed by atoms with van der Waals surface area (Å²) < 4.78 is 0. The van der Waals surface area contributed by atoms with E-state index in [1.165, 1.54) is 22.3 Å². The molecule has 1 nitrogen and oxygen atoms in total. The van der Waals surface area contributed by atoms with Gasteiger partial charge in [0.15, 0.2) is 6.29 Å². The van der Waals surface area contributed by atoms with Gasteiger partial charge in [-0.1, -0.05) is 114 Å². The van der Waals surface area contributed by atoms with E-state index in [-0.39, 0.29) is 0 Å². The van der Waals surface area contributed by atoms with Gasteiger partial charge in [0, 0.05) is 11.1 Å². The lowest BCUT2D eigenvalue weighted by Crippen LogP contribution is -1.96. The third-order valence-corrected chi connectivity index (χ3v) is 7.09. The van der Waals surface area contributed by atoms with Crippen LogP contribution in [0, 0.1) is 13.8 Å². The molecular formula is C35H26O. The summed E-state index contributed by atoms with van der Waals surface area (Å²) in [6.45, 7) is 4.20. The molecule has 36 heavy (non-hydrogen) atoms. The molecule has 0 N–H and O–H groups in total. The summed E-state index contributed by atoms with van der Waals surface area (Å²) in [4.78, 5) is 12.7. The minimum Gasteiger partial charge on any atom is -0.298 e. The smallest absolute Gasteiger partial charge is 0.151 e. The Labute approximate surface area is 211 Å². The van der Waals surface area contributed by atoms with Crippen LogP contribution in [-0.2, 0) is 0 Å². The molecule has 0 saturated heterocycles. The maximum atomic E-state index is 12.7. The van der Waals surface area contributed by atoms with E-state index in [0.717, 1.165) is 55.6 Å². The molecule has 0 unspecified atom stereocenters. The normalized spacial score (nSPS) is 11.2. The number of carbonyl (C=O) groups is 1. The van der Waals surface area contributed by atoms with Crippen molar-refractivity contribution in [2.45, 2.75) is 13.8 Å². The minimum absolute atomic E-state index is 0.738. The molecule has 6 aromatic carbocycles. The van der Waals surface area contributed by atoms with Crippen LogP contribution >= 0.6 is 0 Å². The molecule has 0 aromatic heterocycles. The van der Waals surface area contributed by atoms with Crippen molar-refractivity contribution in [3.8, 4) is 33.4 Å². The van der Waals surface area contributed by atoms with Crippen molar-refractivity contribution in [2.24, 2.45) is 0 Å². The standard InChI is InChI=1S/C35H26O/c1-23-12-16-25(17-13-23)28-20-31(26-8-4-3-5-9-26)35-32(21-28)29-10-6-7-11-30(29)33(22-36)34(35)27-18-14-24(2)15-19-27/h3-22H,1-2H3. The van der Waals surface area contributed by atoms with Crippen LogP contribution < -0.4 is 0 Å². The molecule has 0 fully saturated rings. The number of aryl methyl sites for hydroxylation is 2. The van der Waals surface area contributed by atoms with Crippen molar-refractivity contribution in [1.29, 1.82) is 0 Å². The second-order valence-electron chi connectivity index (χ2n) is 9.50. The largest absolute Gasteiger partial charge is 0.298 e. The topological polar surface area (TPSA) is 17.1 Å². The van der Waals surface area contributed by atoms with Gasteiger partial charge in [-0.15, -0.1) is 0 Å². The van der Waals surface area contributed by atoms with Crippen LogP contribution in [0.15, 0.2) is 115 Å². The van der Waals surface area contributed by atoms with Gasteiger partial charge in [-0.3, -0.25) is 4.79 Å². The Morgan fingerprint density at radius 3 is 1.72 bits per heavy atom. The lowest BCUT2D eigenvalue weighted by atomic mass is 9.83. The Morgan fingerprint density at radius 2 is 1.08 bits per heavy atom.